The summed E-state index contributed by atoms with van der Waals surface area (Å²) in [5, 5.41) is 15.0. The van der Waals surface area contributed by atoms with Crippen molar-refractivity contribution >= 4 is 11.9 Å². The third-order valence-corrected chi connectivity index (χ3v) is 2.64. The van der Waals surface area contributed by atoms with Gasteiger partial charge in [-0.1, -0.05) is 12.1 Å². The van der Waals surface area contributed by atoms with E-state index >= 15 is 0 Å². The second-order valence-corrected chi connectivity index (χ2v) is 4.17. The lowest BCUT2D eigenvalue weighted by Crippen LogP contribution is -2.10. The van der Waals surface area contributed by atoms with Gasteiger partial charge in [0.15, 0.2) is 0 Å². The SMILES string of the molecule is CCNc1nc(NCc2cccc(C#N)c2)nc(OC)n1. The van der Waals surface area contributed by atoms with Crippen LogP contribution in [0.4, 0.5) is 11.9 Å². The first-order chi connectivity index (χ1) is 10.2. The minimum Gasteiger partial charge on any atom is -0.467 e. The van der Waals surface area contributed by atoms with E-state index in [0.717, 1.165) is 5.56 Å². The smallest absolute Gasteiger partial charge is 0.322 e. The van der Waals surface area contributed by atoms with Gasteiger partial charge >= 0.3 is 6.01 Å². The van der Waals surface area contributed by atoms with Gasteiger partial charge in [0.1, 0.15) is 0 Å². The number of rotatable bonds is 6. The molecule has 0 saturated carbocycles. The third kappa shape index (κ3) is 4.04. The van der Waals surface area contributed by atoms with E-state index < -0.39 is 0 Å². The lowest BCUT2D eigenvalue weighted by Gasteiger charge is -2.08. The maximum atomic E-state index is 8.88. The molecule has 1 aromatic heterocycles. The number of nitrogens with one attached hydrogen (secondary N) is 2. The Morgan fingerprint density at radius 3 is 2.62 bits per heavy atom. The van der Waals surface area contributed by atoms with Crippen molar-refractivity contribution < 1.29 is 4.74 Å². The lowest BCUT2D eigenvalue weighted by molar-refractivity contribution is 0.379. The van der Waals surface area contributed by atoms with Crippen LogP contribution >= 0.6 is 0 Å². The fourth-order valence-electron chi connectivity index (χ4n) is 1.70. The van der Waals surface area contributed by atoms with Crippen molar-refractivity contribution in [2.75, 3.05) is 24.3 Å². The Labute approximate surface area is 123 Å². The number of aromatic nitrogens is 3. The Morgan fingerprint density at radius 2 is 1.95 bits per heavy atom. The zero-order chi connectivity index (χ0) is 15.1. The summed E-state index contributed by atoms with van der Waals surface area (Å²) < 4.78 is 5.05. The van der Waals surface area contributed by atoms with Crippen molar-refractivity contribution in [3.8, 4) is 12.1 Å². The minimum atomic E-state index is 0.245. The topological polar surface area (TPSA) is 95.8 Å². The third-order valence-electron chi connectivity index (χ3n) is 2.64. The predicted molar refractivity (Wildman–Crippen MR) is 79.0 cm³/mol. The van der Waals surface area contributed by atoms with Gasteiger partial charge in [0.2, 0.25) is 11.9 Å². The van der Waals surface area contributed by atoms with E-state index in [0.29, 0.717) is 30.5 Å². The van der Waals surface area contributed by atoms with Gasteiger partial charge in [0, 0.05) is 13.1 Å². The van der Waals surface area contributed by atoms with Crippen LogP contribution < -0.4 is 15.4 Å². The van der Waals surface area contributed by atoms with Gasteiger partial charge < -0.3 is 15.4 Å². The van der Waals surface area contributed by atoms with Gasteiger partial charge in [-0.15, -0.1) is 0 Å². The molecule has 108 valence electrons. The first-order valence-electron chi connectivity index (χ1n) is 6.52. The Hall–Kier alpha value is -2.88. The molecule has 0 radical (unpaired) electrons. The summed E-state index contributed by atoms with van der Waals surface area (Å²) in [5.74, 6) is 0.873. The fourth-order valence-corrected chi connectivity index (χ4v) is 1.70. The number of ether oxygens (including phenoxy) is 1. The molecule has 7 nitrogen and oxygen atoms in total. The second kappa shape index (κ2) is 7.05. The van der Waals surface area contributed by atoms with E-state index in [4.69, 9.17) is 10.00 Å². The predicted octanol–water partition coefficient (Wildman–Crippen LogP) is 1.80. The van der Waals surface area contributed by atoms with E-state index in [9.17, 15) is 0 Å². The van der Waals surface area contributed by atoms with Crippen molar-refractivity contribution in [2.24, 2.45) is 0 Å². The molecule has 1 heterocycles. The van der Waals surface area contributed by atoms with Gasteiger partial charge in [0.05, 0.1) is 18.7 Å². The molecule has 0 fully saturated rings. The van der Waals surface area contributed by atoms with E-state index in [1.165, 1.54) is 7.11 Å². The van der Waals surface area contributed by atoms with Crippen molar-refractivity contribution in [3.63, 3.8) is 0 Å². The molecule has 7 heteroatoms. The van der Waals surface area contributed by atoms with Gasteiger partial charge in [-0.2, -0.15) is 20.2 Å². The molecule has 0 atom stereocenters. The van der Waals surface area contributed by atoms with E-state index in [1.54, 1.807) is 6.07 Å². The summed E-state index contributed by atoms with van der Waals surface area (Å²) in [5.41, 5.74) is 1.59. The standard InChI is InChI=1S/C14H16N6O/c1-3-16-12-18-13(20-14(19-12)21-2)17-9-11-6-4-5-10(7-11)8-15/h4-7H,3,9H2,1-2H3,(H2,16,17,18,19,20). The minimum absolute atomic E-state index is 0.245. The summed E-state index contributed by atoms with van der Waals surface area (Å²) in [7, 11) is 1.51. The van der Waals surface area contributed by atoms with Crippen LogP contribution in [0.5, 0.6) is 6.01 Å². The summed E-state index contributed by atoms with van der Waals surface area (Å²) in [4.78, 5) is 12.5. The van der Waals surface area contributed by atoms with Crippen LogP contribution in [0.2, 0.25) is 0 Å². The Kier molecular flexibility index (Phi) is 4.88. The first-order valence-corrected chi connectivity index (χ1v) is 6.52. The molecule has 0 aliphatic carbocycles. The molecule has 2 aromatic rings. The van der Waals surface area contributed by atoms with Gasteiger partial charge in [-0.05, 0) is 24.6 Å². The highest BCUT2D eigenvalue weighted by Crippen LogP contribution is 2.12. The van der Waals surface area contributed by atoms with Crippen molar-refractivity contribution in [3.05, 3.63) is 35.4 Å². The molecule has 0 aliphatic heterocycles. The maximum Gasteiger partial charge on any atom is 0.322 e. The molecule has 0 aliphatic rings. The number of anilines is 2. The average Bonchev–Trinajstić information content (AvgIpc) is 2.53. The largest absolute Gasteiger partial charge is 0.467 e. The van der Waals surface area contributed by atoms with E-state index in [2.05, 4.69) is 31.7 Å². The van der Waals surface area contributed by atoms with Crippen LogP contribution in [0.1, 0.15) is 18.1 Å². The summed E-state index contributed by atoms with van der Waals surface area (Å²) in [6, 6.07) is 9.70. The average molecular weight is 284 g/mol. The van der Waals surface area contributed by atoms with Crippen LogP contribution in [0, 0.1) is 11.3 Å². The van der Waals surface area contributed by atoms with Gasteiger partial charge in [-0.25, -0.2) is 0 Å². The molecule has 0 unspecified atom stereocenters. The molecule has 21 heavy (non-hydrogen) atoms. The van der Waals surface area contributed by atoms with Crippen molar-refractivity contribution in [1.29, 1.82) is 5.26 Å². The van der Waals surface area contributed by atoms with E-state index in [1.807, 2.05) is 25.1 Å². The molecule has 0 bridgehead atoms. The van der Waals surface area contributed by atoms with Crippen LogP contribution in [-0.2, 0) is 6.54 Å². The lowest BCUT2D eigenvalue weighted by atomic mass is 10.1. The number of benzene rings is 1. The molecule has 0 saturated heterocycles. The van der Waals surface area contributed by atoms with Gasteiger partial charge in [0.25, 0.3) is 0 Å². The fraction of sp³-hybridized carbons (Fsp3) is 0.286. The molecule has 2 N–H and O–H groups in total. The molecule has 1 aromatic carbocycles. The summed E-state index contributed by atoms with van der Waals surface area (Å²) >= 11 is 0. The van der Waals surface area contributed by atoms with E-state index in [-0.39, 0.29) is 6.01 Å². The second-order valence-electron chi connectivity index (χ2n) is 4.17. The molecule has 0 amide bonds. The van der Waals surface area contributed by atoms with Crippen molar-refractivity contribution in [1.82, 2.24) is 15.0 Å². The summed E-state index contributed by atoms with van der Waals surface area (Å²) in [6.07, 6.45) is 0. The number of nitrogens with zero attached hydrogens (tertiary/aromatic N) is 4. The number of hydrogen-bond acceptors (Lipinski definition) is 7. The Morgan fingerprint density at radius 1 is 1.19 bits per heavy atom. The monoisotopic (exact) mass is 284 g/mol. The first kappa shape index (κ1) is 14.5. The van der Waals surface area contributed by atoms with Crippen molar-refractivity contribution in [2.45, 2.75) is 13.5 Å². The Balaban J connectivity index is 2.11. The van der Waals surface area contributed by atoms with Crippen LogP contribution in [0.15, 0.2) is 24.3 Å². The molecule has 2 rings (SSSR count). The molecular formula is C14H16N6O. The number of methoxy groups -OCH3 is 1. The summed E-state index contributed by atoms with van der Waals surface area (Å²) in [6.45, 7) is 3.17. The zero-order valence-electron chi connectivity index (χ0n) is 11.9. The molecule has 0 spiro atoms. The highest BCUT2D eigenvalue weighted by molar-refractivity contribution is 5.38. The highest BCUT2D eigenvalue weighted by atomic mass is 16.5. The Bertz CT molecular complexity index is 652. The molecular weight excluding hydrogens is 268 g/mol. The van der Waals surface area contributed by atoms with Crippen LogP contribution in [0.25, 0.3) is 0 Å². The highest BCUT2D eigenvalue weighted by Gasteiger charge is 2.06. The number of nitriles is 1. The van der Waals surface area contributed by atoms with Crippen LogP contribution in [-0.4, -0.2) is 28.6 Å². The van der Waals surface area contributed by atoms with Crippen LogP contribution in [0.3, 0.4) is 0 Å². The zero-order valence-corrected chi connectivity index (χ0v) is 11.9. The quantitative estimate of drug-likeness (QED) is 0.834. The maximum absolute atomic E-state index is 8.88. The van der Waals surface area contributed by atoms with Gasteiger partial charge in [-0.3, -0.25) is 0 Å². The normalized spacial score (nSPS) is 9.76. The number of hydrogen-bond donors (Lipinski definition) is 2.